The SMILES string of the molecule is Cc1ccsc1CN(Cc1ccccc1)C(=O)CN(C(=O)c1ccc(F)cc1)C(C)C. The minimum atomic E-state index is -0.399. The first-order valence-electron chi connectivity index (χ1n) is 10.3. The summed E-state index contributed by atoms with van der Waals surface area (Å²) in [7, 11) is 0. The molecular formula is C25H27FN2O2S. The number of hydrogen-bond donors (Lipinski definition) is 0. The number of nitrogens with zero attached hydrogens (tertiary/aromatic N) is 2. The predicted molar refractivity (Wildman–Crippen MR) is 122 cm³/mol. The summed E-state index contributed by atoms with van der Waals surface area (Å²) in [6.45, 7) is 6.71. The van der Waals surface area contributed by atoms with Crippen molar-refractivity contribution in [2.45, 2.75) is 39.9 Å². The molecule has 0 aliphatic carbocycles. The van der Waals surface area contributed by atoms with Crippen LogP contribution in [0.2, 0.25) is 0 Å². The van der Waals surface area contributed by atoms with Gasteiger partial charge in [0.2, 0.25) is 5.91 Å². The average molecular weight is 439 g/mol. The molecule has 0 aliphatic heterocycles. The van der Waals surface area contributed by atoms with E-state index in [4.69, 9.17) is 0 Å². The molecule has 4 nitrogen and oxygen atoms in total. The number of aryl methyl sites for hydroxylation is 1. The van der Waals surface area contributed by atoms with Crippen molar-refractivity contribution in [3.63, 3.8) is 0 Å². The number of rotatable bonds is 8. The average Bonchev–Trinajstić information content (AvgIpc) is 3.16. The largest absolute Gasteiger partial charge is 0.332 e. The predicted octanol–water partition coefficient (Wildman–Crippen LogP) is 5.28. The Bertz CT molecular complexity index is 1020. The second-order valence-electron chi connectivity index (χ2n) is 7.80. The van der Waals surface area contributed by atoms with Crippen LogP contribution in [0.1, 0.15) is 40.2 Å². The van der Waals surface area contributed by atoms with Crippen molar-refractivity contribution in [3.05, 3.63) is 93.4 Å². The summed E-state index contributed by atoms with van der Waals surface area (Å²) in [4.78, 5) is 30.8. The molecule has 0 bridgehead atoms. The molecule has 0 radical (unpaired) electrons. The van der Waals surface area contributed by atoms with Crippen LogP contribution in [-0.4, -0.2) is 34.2 Å². The first-order valence-corrected chi connectivity index (χ1v) is 11.1. The fraction of sp³-hybridized carbons (Fsp3) is 0.280. The topological polar surface area (TPSA) is 40.6 Å². The van der Waals surface area contributed by atoms with Crippen LogP contribution in [0.5, 0.6) is 0 Å². The zero-order chi connectivity index (χ0) is 22.4. The molecule has 0 saturated heterocycles. The van der Waals surface area contributed by atoms with Crippen molar-refractivity contribution in [1.82, 2.24) is 9.80 Å². The number of hydrogen-bond acceptors (Lipinski definition) is 3. The lowest BCUT2D eigenvalue weighted by Crippen LogP contribution is -2.45. The normalized spacial score (nSPS) is 10.9. The van der Waals surface area contributed by atoms with E-state index in [1.807, 2.05) is 62.5 Å². The van der Waals surface area contributed by atoms with E-state index in [2.05, 4.69) is 0 Å². The van der Waals surface area contributed by atoms with Gasteiger partial charge in [0.15, 0.2) is 0 Å². The first-order chi connectivity index (χ1) is 14.8. The van der Waals surface area contributed by atoms with Crippen LogP contribution in [-0.2, 0) is 17.9 Å². The van der Waals surface area contributed by atoms with Crippen LogP contribution in [0, 0.1) is 12.7 Å². The van der Waals surface area contributed by atoms with Gasteiger partial charge in [-0.15, -0.1) is 11.3 Å². The third kappa shape index (κ3) is 6.01. The maximum absolute atomic E-state index is 13.4. The third-order valence-electron chi connectivity index (χ3n) is 5.15. The van der Waals surface area contributed by atoms with E-state index in [1.165, 1.54) is 29.2 Å². The van der Waals surface area contributed by atoms with E-state index in [0.717, 1.165) is 16.0 Å². The quantitative estimate of drug-likeness (QED) is 0.480. The Morgan fingerprint density at radius 2 is 1.65 bits per heavy atom. The summed E-state index contributed by atoms with van der Waals surface area (Å²) in [6, 6.07) is 17.1. The van der Waals surface area contributed by atoms with Crippen LogP contribution in [0.4, 0.5) is 4.39 Å². The second-order valence-corrected chi connectivity index (χ2v) is 8.80. The highest BCUT2D eigenvalue weighted by atomic mass is 32.1. The van der Waals surface area contributed by atoms with Crippen molar-refractivity contribution in [3.8, 4) is 0 Å². The summed E-state index contributed by atoms with van der Waals surface area (Å²) >= 11 is 1.63. The Morgan fingerprint density at radius 3 is 2.23 bits per heavy atom. The molecule has 162 valence electrons. The fourth-order valence-electron chi connectivity index (χ4n) is 3.27. The van der Waals surface area contributed by atoms with Gasteiger partial charge in [0, 0.05) is 23.0 Å². The molecule has 3 aromatic rings. The molecule has 2 amide bonds. The van der Waals surface area contributed by atoms with E-state index < -0.39 is 5.82 Å². The zero-order valence-corrected chi connectivity index (χ0v) is 18.9. The number of carbonyl (C=O) groups is 2. The number of carbonyl (C=O) groups excluding carboxylic acids is 2. The number of halogens is 1. The minimum absolute atomic E-state index is 0.0366. The maximum atomic E-state index is 13.4. The van der Waals surface area contributed by atoms with Crippen molar-refractivity contribution in [2.75, 3.05) is 6.54 Å². The molecule has 0 aliphatic rings. The monoisotopic (exact) mass is 438 g/mol. The van der Waals surface area contributed by atoms with Crippen molar-refractivity contribution in [1.29, 1.82) is 0 Å². The smallest absolute Gasteiger partial charge is 0.254 e. The molecule has 0 atom stereocenters. The van der Waals surface area contributed by atoms with E-state index >= 15 is 0 Å². The van der Waals surface area contributed by atoms with Gasteiger partial charge in [-0.3, -0.25) is 9.59 Å². The highest BCUT2D eigenvalue weighted by molar-refractivity contribution is 7.10. The van der Waals surface area contributed by atoms with Crippen molar-refractivity contribution >= 4 is 23.2 Å². The van der Waals surface area contributed by atoms with Crippen molar-refractivity contribution < 1.29 is 14.0 Å². The molecule has 0 saturated carbocycles. The molecule has 1 heterocycles. The lowest BCUT2D eigenvalue weighted by atomic mass is 10.1. The van der Waals surface area contributed by atoms with Gasteiger partial charge in [-0.2, -0.15) is 0 Å². The molecular weight excluding hydrogens is 411 g/mol. The summed E-state index contributed by atoms with van der Waals surface area (Å²) < 4.78 is 13.3. The third-order valence-corrected chi connectivity index (χ3v) is 6.16. The van der Waals surface area contributed by atoms with E-state index in [1.54, 1.807) is 16.2 Å². The molecule has 0 N–H and O–H groups in total. The molecule has 0 spiro atoms. The summed E-state index contributed by atoms with van der Waals surface area (Å²) in [5.74, 6) is -0.805. The molecule has 2 aromatic carbocycles. The van der Waals surface area contributed by atoms with Crippen molar-refractivity contribution in [2.24, 2.45) is 0 Å². The Balaban J connectivity index is 1.81. The van der Waals surface area contributed by atoms with Gasteiger partial charge < -0.3 is 9.80 Å². The lowest BCUT2D eigenvalue weighted by molar-refractivity contribution is -0.133. The number of thiophene rings is 1. The van der Waals surface area contributed by atoms with Gasteiger partial charge in [-0.25, -0.2) is 4.39 Å². The second kappa shape index (κ2) is 10.4. The van der Waals surface area contributed by atoms with Crippen LogP contribution < -0.4 is 0 Å². The van der Waals surface area contributed by atoms with E-state index in [9.17, 15) is 14.0 Å². The summed E-state index contributed by atoms with van der Waals surface area (Å²) in [5, 5.41) is 2.02. The fourth-order valence-corrected chi connectivity index (χ4v) is 4.19. The highest BCUT2D eigenvalue weighted by Gasteiger charge is 2.25. The maximum Gasteiger partial charge on any atom is 0.254 e. The van der Waals surface area contributed by atoms with Gasteiger partial charge in [0.1, 0.15) is 12.4 Å². The van der Waals surface area contributed by atoms with Crippen LogP contribution in [0.15, 0.2) is 66.0 Å². The Morgan fingerprint density at radius 1 is 0.968 bits per heavy atom. The first kappa shape index (κ1) is 22.7. The molecule has 31 heavy (non-hydrogen) atoms. The van der Waals surface area contributed by atoms with Gasteiger partial charge in [-0.05, 0) is 67.6 Å². The zero-order valence-electron chi connectivity index (χ0n) is 18.0. The standard InChI is InChI=1S/C25H27FN2O2S/c1-18(2)28(25(30)21-9-11-22(26)12-10-21)17-24(29)27(15-20-7-5-4-6-8-20)16-23-19(3)13-14-31-23/h4-14,18H,15-17H2,1-3H3. The highest BCUT2D eigenvalue weighted by Crippen LogP contribution is 2.20. The Labute approximate surface area is 186 Å². The van der Waals surface area contributed by atoms with E-state index in [0.29, 0.717) is 18.7 Å². The number of amides is 2. The molecule has 0 unspecified atom stereocenters. The van der Waals surface area contributed by atoms with Gasteiger partial charge in [0.25, 0.3) is 5.91 Å². The van der Waals surface area contributed by atoms with Crippen LogP contribution >= 0.6 is 11.3 Å². The van der Waals surface area contributed by atoms with Gasteiger partial charge in [-0.1, -0.05) is 30.3 Å². The van der Waals surface area contributed by atoms with Gasteiger partial charge in [0.05, 0.1) is 6.54 Å². The Hall–Kier alpha value is -2.99. The van der Waals surface area contributed by atoms with E-state index in [-0.39, 0.29) is 24.4 Å². The van der Waals surface area contributed by atoms with Crippen LogP contribution in [0.3, 0.4) is 0 Å². The molecule has 6 heteroatoms. The summed E-state index contributed by atoms with van der Waals surface area (Å²) in [6.07, 6.45) is 0. The minimum Gasteiger partial charge on any atom is -0.332 e. The van der Waals surface area contributed by atoms with Crippen LogP contribution in [0.25, 0.3) is 0 Å². The summed E-state index contributed by atoms with van der Waals surface area (Å²) in [5.41, 5.74) is 2.55. The number of benzene rings is 2. The molecule has 0 fully saturated rings. The van der Waals surface area contributed by atoms with Gasteiger partial charge >= 0.3 is 0 Å². The Kier molecular flexibility index (Phi) is 7.58. The molecule has 1 aromatic heterocycles. The lowest BCUT2D eigenvalue weighted by Gasteiger charge is -2.30. The molecule has 3 rings (SSSR count).